The first-order chi connectivity index (χ1) is 15.6. The van der Waals surface area contributed by atoms with Gasteiger partial charge in [0.25, 0.3) is 0 Å². The quantitative estimate of drug-likeness (QED) is 0.642. The van der Waals surface area contributed by atoms with Crippen molar-refractivity contribution in [2.75, 3.05) is 32.8 Å². The van der Waals surface area contributed by atoms with Gasteiger partial charge in [0.15, 0.2) is 5.65 Å². The van der Waals surface area contributed by atoms with Crippen LogP contribution in [0.2, 0.25) is 0 Å². The van der Waals surface area contributed by atoms with Gasteiger partial charge in [-0.25, -0.2) is 9.50 Å². The van der Waals surface area contributed by atoms with E-state index in [0.29, 0.717) is 24.8 Å². The molecule has 1 saturated carbocycles. The molecule has 172 valence electrons. The summed E-state index contributed by atoms with van der Waals surface area (Å²) in [7, 11) is 0. The molecule has 4 heterocycles. The van der Waals surface area contributed by atoms with E-state index in [4.69, 9.17) is 14.8 Å². The van der Waals surface area contributed by atoms with Crippen LogP contribution in [0.4, 0.5) is 0 Å². The van der Waals surface area contributed by atoms with E-state index >= 15 is 0 Å². The molecule has 2 aliphatic heterocycles. The minimum absolute atomic E-state index is 0.138. The van der Waals surface area contributed by atoms with Crippen LogP contribution in [0.5, 0.6) is 0 Å². The third kappa shape index (κ3) is 4.74. The summed E-state index contributed by atoms with van der Waals surface area (Å²) in [5, 5.41) is 8.07. The van der Waals surface area contributed by atoms with Gasteiger partial charge in [-0.05, 0) is 76.0 Å². The van der Waals surface area contributed by atoms with E-state index in [1.807, 2.05) is 4.52 Å². The highest BCUT2D eigenvalue weighted by atomic mass is 16.5. The number of hydrogen-bond donors (Lipinski definition) is 1. The van der Waals surface area contributed by atoms with Gasteiger partial charge in [0, 0.05) is 37.0 Å². The fourth-order valence-electron chi connectivity index (χ4n) is 5.11. The smallest absolute Gasteiger partial charge is 0.220 e. The minimum atomic E-state index is 0.138. The number of nitrogens with zero attached hydrogens (tertiary/aromatic N) is 4. The van der Waals surface area contributed by atoms with E-state index in [1.165, 1.54) is 24.8 Å². The monoisotopic (exact) mass is 437 g/mol. The van der Waals surface area contributed by atoms with Gasteiger partial charge in [-0.1, -0.05) is 6.08 Å². The van der Waals surface area contributed by atoms with Crippen molar-refractivity contribution in [3.63, 3.8) is 0 Å². The number of ether oxygens (including phenoxy) is 1. The Balaban J connectivity index is 1.31. The normalized spacial score (nSPS) is 21.8. The number of nitrogens with one attached hydrogen (secondary N) is 1. The summed E-state index contributed by atoms with van der Waals surface area (Å²) in [6.07, 6.45) is 9.40. The van der Waals surface area contributed by atoms with Crippen molar-refractivity contribution in [2.24, 2.45) is 5.92 Å². The molecule has 5 rings (SSSR count). The minimum Gasteiger partial charge on any atom is -0.377 e. The van der Waals surface area contributed by atoms with Crippen molar-refractivity contribution < 1.29 is 9.53 Å². The standard InChI is InChI=1S/C25H35N5O2/c1-17-21(9-10-25(31)26-14-19-7-8-19)18(2)30-24(27-17)13-22(28-30)23-6-3-11-29(23)15-20-5-4-12-32-16-20/h5,13,19,23H,3-4,6-12,14-16H2,1-2H3,(H,26,31)/t23-/m0/s1. The Morgan fingerprint density at radius 1 is 1.28 bits per heavy atom. The highest BCUT2D eigenvalue weighted by molar-refractivity contribution is 5.76. The second-order valence-electron chi connectivity index (χ2n) is 9.68. The topological polar surface area (TPSA) is 71.8 Å². The zero-order valence-corrected chi connectivity index (χ0v) is 19.4. The fourth-order valence-corrected chi connectivity index (χ4v) is 5.11. The lowest BCUT2D eigenvalue weighted by atomic mass is 10.1. The van der Waals surface area contributed by atoms with Crippen LogP contribution in [0.3, 0.4) is 0 Å². The Bertz CT molecular complexity index is 1020. The third-order valence-electron chi connectivity index (χ3n) is 7.16. The van der Waals surface area contributed by atoms with E-state index in [0.717, 1.165) is 74.0 Å². The molecule has 0 radical (unpaired) electrons. The Morgan fingerprint density at radius 3 is 2.94 bits per heavy atom. The van der Waals surface area contributed by atoms with Crippen molar-refractivity contribution >= 4 is 11.6 Å². The lowest BCUT2D eigenvalue weighted by Gasteiger charge is -2.25. The fraction of sp³-hybridized carbons (Fsp3) is 0.640. The highest BCUT2D eigenvalue weighted by Gasteiger charge is 2.29. The van der Waals surface area contributed by atoms with Crippen molar-refractivity contribution in [3.8, 4) is 0 Å². The molecule has 0 unspecified atom stereocenters. The van der Waals surface area contributed by atoms with Crippen LogP contribution < -0.4 is 5.32 Å². The Kier molecular flexibility index (Phi) is 6.28. The summed E-state index contributed by atoms with van der Waals surface area (Å²) >= 11 is 0. The Labute approximate surface area is 190 Å². The van der Waals surface area contributed by atoms with Gasteiger partial charge in [-0.2, -0.15) is 5.10 Å². The molecule has 0 aromatic carbocycles. The van der Waals surface area contributed by atoms with Crippen LogP contribution in [0, 0.1) is 19.8 Å². The number of likely N-dealkylation sites (tertiary alicyclic amines) is 1. The van der Waals surface area contributed by atoms with Gasteiger partial charge in [0.1, 0.15) is 0 Å². The van der Waals surface area contributed by atoms with E-state index in [-0.39, 0.29) is 5.91 Å². The van der Waals surface area contributed by atoms with E-state index in [9.17, 15) is 4.79 Å². The summed E-state index contributed by atoms with van der Waals surface area (Å²) in [6, 6.07) is 2.48. The predicted molar refractivity (Wildman–Crippen MR) is 124 cm³/mol. The summed E-state index contributed by atoms with van der Waals surface area (Å²) < 4.78 is 7.63. The second-order valence-corrected chi connectivity index (χ2v) is 9.68. The van der Waals surface area contributed by atoms with Gasteiger partial charge < -0.3 is 10.1 Å². The van der Waals surface area contributed by atoms with Crippen LogP contribution in [0.15, 0.2) is 17.7 Å². The number of carbonyl (C=O) groups excluding carboxylic acids is 1. The molecule has 32 heavy (non-hydrogen) atoms. The van der Waals surface area contributed by atoms with Gasteiger partial charge in [-0.15, -0.1) is 0 Å². The molecule has 0 spiro atoms. The van der Waals surface area contributed by atoms with Crippen molar-refractivity contribution in [2.45, 2.75) is 64.8 Å². The van der Waals surface area contributed by atoms with Gasteiger partial charge in [0.2, 0.25) is 5.91 Å². The Hall–Kier alpha value is -2.25. The summed E-state index contributed by atoms with van der Waals surface area (Å²) in [5.41, 5.74) is 6.64. The lowest BCUT2D eigenvalue weighted by molar-refractivity contribution is -0.121. The first kappa shape index (κ1) is 21.6. The number of amides is 1. The summed E-state index contributed by atoms with van der Waals surface area (Å²) in [4.78, 5) is 19.6. The zero-order valence-electron chi connectivity index (χ0n) is 19.4. The molecule has 1 aliphatic carbocycles. The van der Waals surface area contributed by atoms with Crippen LogP contribution >= 0.6 is 0 Å². The number of rotatable bonds is 8. The maximum Gasteiger partial charge on any atom is 0.220 e. The molecule has 1 saturated heterocycles. The molecule has 1 N–H and O–H groups in total. The van der Waals surface area contributed by atoms with Gasteiger partial charge >= 0.3 is 0 Å². The molecular weight excluding hydrogens is 402 g/mol. The number of fused-ring (bicyclic) bond motifs is 1. The number of carbonyl (C=O) groups is 1. The highest BCUT2D eigenvalue weighted by Crippen LogP contribution is 2.33. The molecule has 2 aromatic heterocycles. The van der Waals surface area contributed by atoms with Gasteiger partial charge in [0.05, 0.1) is 24.9 Å². The summed E-state index contributed by atoms with van der Waals surface area (Å²) in [6.45, 7) is 8.65. The summed E-state index contributed by atoms with van der Waals surface area (Å²) in [5.74, 6) is 0.847. The maximum atomic E-state index is 12.2. The van der Waals surface area contributed by atoms with Gasteiger partial charge in [-0.3, -0.25) is 9.69 Å². The predicted octanol–water partition coefficient (Wildman–Crippen LogP) is 3.29. The number of aromatic nitrogens is 3. The Morgan fingerprint density at radius 2 is 2.16 bits per heavy atom. The van der Waals surface area contributed by atoms with E-state index < -0.39 is 0 Å². The molecule has 1 atom stereocenters. The molecular formula is C25H35N5O2. The van der Waals surface area contributed by atoms with Crippen molar-refractivity contribution in [1.29, 1.82) is 0 Å². The molecule has 1 amide bonds. The first-order valence-electron chi connectivity index (χ1n) is 12.2. The lowest BCUT2D eigenvalue weighted by Crippen LogP contribution is -2.28. The van der Waals surface area contributed by atoms with Crippen LogP contribution in [-0.2, 0) is 16.0 Å². The molecule has 7 heteroatoms. The van der Waals surface area contributed by atoms with Crippen molar-refractivity contribution in [1.82, 2.24) is 24.8 Å². The number of hydrogen-bond acceptors (Lipinski definition) is 5. The molecule has 0 bridgehead atoms. The molecule has 2 fully saturated rings. The third-order valence-corrected chi connectivity index (χ3v) is 7.16. The van der Waals surface area contributed by atoms with Crippen LogP contribution in [-0.4, -0.2) is 58.3 Å². The first-order valence-corrected chi connectivity index (χ1v) is 12.2. The molecule has 2 aromatic rings. The largest absolute Gasteiger partial charge is 0.377 e. The second kappa shape index (κ2) is 9.32. The average Bonchev–Trinajstić information content (AvgIpc) is 3.35. The van der Waals surface area contributed by atoms with Crippen LogP contribution in [0.25, 0.3) is 5.65 Å². The molecule has 7 nitrogen and oxygen atoms in total. The van der Waals surface area contributed by atoms with Crippen molar-refractivity contribution in [3.05, 3.63) is 40.4 Å². The molecule has 3 aliphatic rings. The average molecular weight is 438 g/mol. The SMILES string of the molecule is Cc1nc2cc([C@@H]3CCCN3CC3=CCCOC3)nn2c(C)c1CCC(=O)NCC1CC1. The van der Waals surface area contributed by atoms with E-state index in [2.05, 4.69) is 36.2 Å². The number of aryl methyl sites for hydroxylation is 2. The maximum absolute atomic E-state index is 12.2. The van der Waals surface area contributed by atoms with E-state index in [1.54, 1.807) is 0 Å². The zero-order chi connectivity index (χ0) is 22.1. The van der Waals surface area contributed by atoms with Crippen LogP contribution in [0.1, 0.15) is 67.2 Å².